The van der Waals surface area contributed by atoms with Crippen molar-refractivity contribution in [1.29, 1.82) is 0 Å². The van der Waals surface area contributed by atoms with Crippen LogP contribution in [-0.2, 0) is 9.53 Å². The number of aliphatic hydroxyl groups excluding tert-OH is 1. The molecule has 5 heteroatoms. The summed E-state index contributed by atoms with van der Waals surface area (Å²) in [6, 6.07) is 5.16. The molecule has 0 bridgehead atoms. The van der Waals surface area contributed by atoms with Gasteiger partial charge in [-0.05, 0) is 24.6 Å². The molecule has 0 aromatic heterocycles. The van der Waals surface area contributed by atoms with E-state index in [9.17, 15) is 9.90 Å². The Morgan fingerprint density at radius 2 is 2.00 bits per heavy atom. The number of esters is 1. The molecule has 1 N–H and O–H groups in total. The molecule has 1 atom stereocenters. The topological polar surface area (TPSA) is 65.0 Å². The van der Waals surface area contributed by atoms with Gasteiger partial charge in [0.05, 0.1) is 27.4 Å². The van der Waals surface area contributed by atoms with Gasteiger partial charge in [0.15, 0.2) is 0 Å². The number of aliphatic hydroxyl groups is 1. The fourth-order valence-corrected chi connectivity index (χ4v) is 1.61. The van der Waals surface area contributed by atoms with E-state index < -0.39 is 6.10 Å². The minimum Gasteiger partial charge on any atom is -0.497 e. The maximum Gasteiger partial charge on any atom is 0.305 e. The summed E-state index contributed by atoms with van der Waals surface area (Å²) < 4.78 is 14.8. The number of carbonyl (C=O) groups is 1. The van der Waals surface area contributed by atoms with E-state index in [1.807, 2.05) is 0 Å². The van der Waals surface area contributed by atoms with Gasteiger partial charge in [0, 0.05) is 12.0 Å². The Morgan fingerprint density at radius 3 is 2.56 bits per heavy atom. The zero-order valence-electron chi connectivity index (χ0n) is 10.8. The van der Waals surface area contributed by atoms with Crippen LogP contribution >= 0.6 is 0 Å². The van der Waals surface area contributed by atoms with Crippen molar-refractivity contribution >= 4 is 5.97 Å². The molecule has 0 saturated heterocycles. The summed E-state index contributed by atoms with van der Waals surface area (Å²) in [5.74, 6) is 0.840. The van der Waals surface area contributed by atoms with E-state index in [-0.39, 0.29) is 18.8 Å². The Hall–Kier alpha value is -1.75. The van der Waals surface area contributed by atoms with Crippen LogP contribution in [0.2, 0.25) is 0 Å². The van der Waals surface area contributed by atoms with Crippen LogP contribution in [0.5, 0.6) is 11.5 Å². The molecule has 1 aromatic rings. The smallest absolute Gasteiger partial charge is 0.305 e. The molecule has 18 heavy (non-hydrogen) atoms. The van der Waals surface area contributed by atoms with Crippen molar-refractivity contribution in [1.82, 2.24) is 0 Å². The Morgan fingerprint density at radius 1 is 1.28 bits per heavy atom. The van der Waals surface area contributed by atoms with Gasteiger partial charge in [0.2, 0.25) is 0 Å². The van der Waals surface area contributed by atoms with Crippen molar-refractivity contribution in [3.05, 3.63) is 23.8 Å². The summed E-state index contributed by atoms with van der Waals surface area (Å²) in [7, 11) is 4.39. The predicted octanol–water partition coefficient (Wildman–Crippen LogP) is 1.69. The number of hydrogen-bond acceptors (Lipinski definition) is 5. The van der Waals surface area contributed by atoms with Crippen molar-refractivity contribution < 1.29 is 24.1 Å². The minimum absolute atomic E-state index is 0.151. The quantitative estimate of drug-likeness (QED) is 0.782. The third-order valence-corrected chi connectivity index (χ3v) is 2.65. The first-order valence-electron chi connectivity index (χ1n) is 5.59. The molecule has 0 spiro atoms. The van der Waals surface area contributed by atoms with E-state index in [4.69, 9.17) is 9.47 Å². The molecule has 0 aliphatic carbocycles. The molecule has 0 radical (unpaired) electrons. The largest absolute Gasteiger partial charge is 0.497 e. The van der Waals surface area contributed by atoms with E-state index >= 15 is 0 Å². The number of methoxy groups -OCH3 is 3. The lowest BCUT2D eigenvalue weighted by Crippen LogP contribution is -2.06. The normalized spacial score (nSPS) is 11.8. The highest BCUT2D eigenvalue weighted by molar-refractivity contribution is 5.69. The second kappa shape index (κ2) is 6.86. The van der Waals surface area contributed by atoms with E-state index in [1.54, 1.807) is 25.3 Å². The maximum absolute atomic E-state index is 11.0. The van der Waals surface area contributed by atoms with Gasteiger partial charge in [0.1, 0.15) is 11.5 Å². The van der Waals surface area contributed by atoms with Gasteiger partial charge in [0.25, 0.3) is 0 Å². The van der Waals surface area contributed by atoms with Gasteiger partial charge >= 0.3 is 5.97 Å². The second-order valence-electron chi connectivity index (χ2n) is 3.74. The molecule has 0 fully saturated rings. The molecule has 1 rings (SSSR count). The van der Waals surface area contributed by atoms with E-state index in [2.05, 4.69) is 4.74 Å². The van der Waals surface area contributed by atoms with Crippen LogP contribution in [0.15, 0.2) is 18.2 Å². The first kappa shape index (κ1) is 14.3. The highest BCUT2D eigenvalue weighted by Crippen LogP contribution is 2.31. The zero-order valence-corrected chi connectivity index (χ0v) is 10.8. The summed E-state index contributed by atoms with van der Waals surface area (Å²) in [5.41, 5.74) is 0.598. The Kier molecular flexibility index (Phi) is 5.45. The second-order valence-corrected chi connectivity index (χ2v) is 3.74. The monoisotopic (exact) mass is 254 g/mol. The molecule has 0 amide bonds. The highest BCUT2D eigenvalue weighted by Gasteiger charge is 2.16. The third kappa shape index (κ3) is 3.63. The fraction of sp³-hybridized carbons (Fsp3) is 0.462. The highest BCUT2D eigenvalue weighted by atomic mass is 16.5. The fourth-order valence-electron chi connectivity index (χ4n) is 1.61. The predicted molar refractivity (Wildman–Crippen MR) is 65.8 cm³/mol. The molecule has 1 unspecified atom stereocenters. The van der Waals surface area contributed by atoms with Crippen molar-refractivity contribution in [3.63, 3.8) is 0 Å². The van der Waals surface area contributed by atoms with Crippen LogP contribution in [0.3, 0.4) is 0 Å². The van der Waals surface area contributed by atoms with E-state index in [0.717, 1.165) is 0 Å². The van der Waals surface area contributed by atoms with Gasteiger partial charge in [-0.15, -0.1) is 0 Å². The lowest BCUT2D eigenvalue weighted by Gasteiger charge is -2.15. The van der Waals surface area contributed by atoms with Crippen LogP contribution in [0.25, 0.3) is 0 Å². The Bertz CT molecular complexity index is 402. The Labute approximate surface area is 106 Å². The summed E-state index contributed by atoms with van der Waals surface area (Å²) in [5, 5.41) is 10.1. The summed E-state index contributed by atoms with van der Waals surface area (Å²) in [6.07, 6.45) is -0.372. The molecule has 100 valence electrons. The van der Waals surface area contributed by atoms with Crippen LogP contribution in [-0.4, -0.2) is 32.4 Å². The maximum atomic E-state index is 11.0. The molecule has 5 nitrogen and oxygen atoms in total. The number of ether oxygens (including phenoxy) is 3. The van der Waals surface area contributed by atoms with Gasteiger partial charge in [-0.1, -0.05) is 0 Å². The molecular formula is C13H18O5. The third-order valence-electron chi connectivity index (χ3n) is 2.65. The lowest BCUT2D eigenvalue weighted by molar-refractivity contribution is -0.141. The van der Waals surface area contributed by atoms with Crippen LogP contribution in [0.1, 0.15) is 24.5 Å². The van der Waals surface area contributed by atoms with E-state index in [0.29, 0.717) is 17.1 Å². The molecule has 1 aromatic carbocycles. The van der Waals surface area contributed by atoms with Crippen LogP contribution in [0, 0.1) is 0 Å². The molecule has 0 aliphatic rings. The van der Waals surface area contributed by atoms with Crippen LogP contribution < -0.4 is 9.47 Å². The van der Waals surface area contributed by atoms with Gasteiger partial charge < -0.3 is 19.3 Å². The molecule has 0 saturated carbocycles. The average molecular weight is 254 g/mol. The van der Waals surface area contributed by atoms with Crippen LogP contribution in [0.4, 0.5) is 0 Å². The van der Waals surface area contributed by atoms with Gasteiger partial charge in [-0.3, -0.25) is 4.79 Å². The van der Waals surface area contributed by atoms with Crippen molar-refractivity contribution in [2.75, 3.05) is 21.3 Å². The molecular weight excluding hydrogens is 236 g/mol. The summed E-state index contributed by atoms with van der Waals surface area (Å²) >= 11 is 0. The lowest BCUT2D eigenvalue weighted by atomic mass is 10.0. The standard InChI is InChI=1S/C13H18O5/c1-16-9-4-6-12(17-2)10(8-9)11(14)5-7-13(15)18-3/h4,6,8,11,14H,5,7H2,1-3H3. The zero-order chi connectivity index (χ0) is 13.5. The van der Waals surface area contributed by atoms with E-state index in [1.165, 1.54) is 14.2 Å². The van der Waals surface area contributed by atoms with Gasteiger partial charge in [-0.25, -0.2) is 0 Å². The van der Waals surface area contributed by atoms with Crippen molar-refractivity contribution in [3.8, 4) is 11.5 Å². The van der Waals surface area contributed by atoms with Crippen molar-refractivity contribution in [2.45, 2.75) is 18.9 Å². The molecule has 0 heterocycles. The minimum atomic E-state index is -0.797. The SMILES string of the molecule is COC(=O)CCC(O)c1cc(OC)ccc1OC. The Balaban J connectivity index is 2.82. The average Bonchev–Trinajstić information content (AvgIpc) is 2.43. The number of carbonyl (C=O) groups excluding carboxylic acids is 1. The number of hydrogen-bond donors (Lipinski definition) is 1. The summed E-state index contributed by atoms with van der Waals surface area (Å²) in [6.45, 7) is 0. The number of benzene rings is 1. The van der Waals surface area contributed by atoms with Crippen molar-refractivity contribution in [2.24, 2.45) is 0 Å². The number of rotatable bonds is 6. The summed E-state index contributed by atoms with van der Waals surface area (Å²) in [4.78, 5) is 11.0. The first-order chi connectivity index (χ1) is 8.62. The molecule has 0 aliphatic heterocycles. The van der Waals surface area contributed by atoms with Gasteiger partial charge in [-0.2, -0.15) is 0 Å². The first-order valence-corrected chi connectivity index (χ1v) is 5.59.